The lowest BCUT2D eigenvalue weighted by molar-refractivity contribution is 0.140. The van der Waals surface area contributed by atoms with Crippen molar-refractivity contribution < 1.29 is 4.74 Å². The summed E-state index contributed by atoms with van der Waals surface area (Å²) in [6.45, 7) is 0.893. The highest BCUT2D eigenvalue weighted by Gasteiger charge is 2.26. The van der Waals surface area contributed by atoms with Crippen LogP contribution in [0.15, 0.2) is 47.3 Å². The first-order valence-corrected chi connectivity index (χ1v) is 4.89. The van der Waals surface area contributed by atoms with E-state index >= 15 is 0 Å². The van der Waals surface area contributed by atoms with Gasteiger partial charge in [0, 0.05) is 11.5 Å². The number of ether oxygens (including phenoxy) is 1. The summed E-state index contributed by atoms with van der Waals surface area (Å²) >= 11 is 0. The maximum Gasteiger partial charge on any atom is 0.111 e. The van der Waals surface area contributed by atoms with E-state index in [0.717, 1.165) is 6.61 Å². The molecule has 1 atom stereocenters. The van der Waals surface area contributed by atoms with Crippen molar-refractivity contribution in [3.05, 3.63) is 47.3 Å². The van der Waals surface area contributed by atoms with Gasteiger partial charge in [0.25, 0.3) is 0 Å². The molecule has 0 amide bonds. The van der Waals surface area contributed by atoms with Gasteiger partial charge in [0.05, 0.1) is 6.61 Å². The zero-order chi connectivity index (χ0) is 8.67. The average Bonchev–Trinajstić information content (AvgIpc) is 2.65. The normalized spacial score (nSPS) is 29.5. The van der Waals surface area contributed by atoms with Gasteiger partial charge in [-0.25, -0.2) is 0 Å². The average molecular weight is 172 g/mol. The molecule has 13 heavy (non-hydrogen) atoms. The van der Waals surface area contributed by atoms with E-state index in [0.29, 0.717) is 5.92 Å². The quantitative estimate of drug-likeness (QED) is 0.546. The monoisotopic (exact) mass is 172 g/mol. The summed E-state index contributed by atoms with van der Waals surface area (Å²) in [6.07, 6.45) is 13.3. The van der Waals surface area contributed by atoms with Gasteiger partial charge in [-0.2, -0.15) is 0 Å². The minimum absolute atomic E-state index is 0.545. The van der Waals surface area contributed by atoms with E-state index < -0.39 is 0 Å². The summed E-state index contributed by atoms with van der Waals surface area (Å²) in [5.41, 5.74) is 2.63. The standard InChI is InChI=1S/C12H12O/c1-3-9-6-7-10-4-2-8-13-12(10)11(9)5-1/h1,3,5-7,10H,2,4,8H2. The van der Waals surface area contributed by atoms with Crippen molar-refractivity contribution in [3.63, 3.8) is 0 Å². The second-order valence-corrected chi connectivity index (χ2v) is 3.72. The lowest BCUT2D eigenvalue weighted by Gasteiger charge is -2.28. The molecule has 2 aliphatic carbocycles. The van der Waals surface area contributed by atoms with Crippen molar-refractivity contribution in [2.45, 2.75) is 12.8 Å². The second kappa shape index (κ2) is 2.63. The van der Waals surface area contributed by atoms with Crippen molar-refractivity contribution >= 4 is 0 Å². The first-order chi connectivity index (χ1) is 6.45. The molecule has 1 nitrogen and oxygen atoms in total. The molecule has 1 heteroatoms. The van der Waals surface area contributed by atoms with Crippen LogP contribution in [0.5, 0.6) is 0 Å². The summed E-state index contributed by atoms with van der Waals surface area (Å²) in [7, 11) is 0. The van der Waals surface area contributed by atoms with Gasteiger partial charge in [-0.05, 0) is 18.4 Å². The fraction of sp³-hybridized carbons (Fsp3) is 0.333. The fourth-order valence-corrected chi connectivity index (χ4v) is 2.21. The summed E-state index contributed by atoms with van der Waals surface area (Å²) in [5, 5.41) is 0. The smallest absolute Gasteiger partial charge is 0.111 e. The molecule has 0 aromatic heterocycles. The first-order valence-electron chi connectivity index (χ1n) is 4.89. The Morgan fingerprint density at radius 3 is 3.31 bits per heavy atom. The van der Waals surface area contributed by atoms with E-state index in [-0.39, 0.29) is 0 Å². The minimum atomic E-state index is 0.545. The molecule has 0 aromatic rings. The van der Waals surface area contributed by atoms with Crippen LogP contribution in [0.25, 0.3) is 0 Å². The van der Waals surface area contributed by atoms with Crippen molar-refractivity contribution in [1.82, 2.24) is 0 Å². The van der Waals surface area contributed by atoms with E-state index in [1.807, 2.05) is 0 Å². The minimum Gasteiger partial charge on any atom is -0.497 e. The van der Waals surface area contributed by atoms with Gasteiger partial charge in [-0.15, -0.1) is 0 Å². The van der Waals surface area contributed by atoms with Crippen LogP contribution in [-0.2, 0) is 4.74 Å². The zero-order valence-electron chi connectivity index (χ0n) is 7.49. The molecule has 1 heterocycles. The molecule has 0 N–H and O–H groups in total. The van der Waals surface area contributed by atoms with Gasteiger partial charge in [0.2, 0.25) is 0 Å². The van der Waals surface area contributed by atoms with Crippen LogP contribution in [0.1, 0.15) is 12.8 Å². The number of rotatable bonds is 0. The highest BCUT2D eigenvalue weighted by atomic mass is 16.5. The van der Waals surface area contributed by atoms with Crippen LogP contribution in [-0.4, -0.2) is 6.61 Å². The maximum atomic E-state index is 5.73. The predicted molar refractivity (Wildman–Crippen MR) is 52.1 cm³/mol. The number of hydrogen-bond donors (Lipinski definition) is 0. The van der Waals surface area contributed by atoms with Gasteiger partial charge in [-0.3, -0.25) is 0 Å². The highest BCUT2D eigenvalue weighted by molar-refractivity contribution is 5.58. The fourth-order valence-electron chi connectivity index (χ4n) is 2.21. The molecule has 1 fully saturated rings. The molecular formula is C12H12O. The third-order valence-electron chi connectivity index (χ3n) is 2.88. The van der Waals surface area contributed by atoms with Gasteiger partial charge >= 0.3 is 0 Å². The SMILES string of the molecule is C1=CC2=C3OCCCC3C=CC2=C1. The van der Waals surface area contributed by atoms with Crippen LogP contribution >= 0.6 is 0 Å². The lowest BCUT2D eigenvalue weighted by Crippen LogP contribution is -2.17. The van der Waals surface area contributed by atoms with Crippen molar-refractivity contribution in [1.29, 1.82) is 0 Å². The van der Waals surface area contributed by atoms with Crippen molar-refractivity contribution in [2.75, 3.05) is 6.61 Å². The Balaban J connectivity index is 2.08. The molecule has 0 radical (unpaired) electrons. The molecular weight excluding hydrogens is 160 g/mol. The molecule has 0 spiro atoms. The zero-order valence-corrected chi connectivity index (χ0v) is 7.49. The van der Waals surface area contributed by atoms with E-state index in [4.69, 9.17) is 4.74 Å². The second-order valence-electron chi connectivity index (χ2n) is 3.72. The Bertz CT molecular complexity index is 355. The predicted octanol–water partition coefficient (Wildman–Crippen LogP) is 2.73. The number of hydrogen-bond acceptors (Lipinski definition) is 1. The molecule has 0 bridgehead atoms. The third-order valence-corrected chi connectivity index (χ3v) is 2.88. The Hall–Kier alpha value is -1.24. The largest absolute Gasteiger partial charge is 0.497 e. The van der Waals surface area contributed by atoms with Gasteiger partial charge < -0.3 is 4.74 Å². The topological polar surface area (TPSA) is 9.23 Å². The Labute approximate surface area is 78.1 Å². The molecule has 66 valence electrons. The van der Waals surface area contributed by atoms with Crippen LogP contribution in [0, 0.1) is 5.92 Å². The van der Waals surface area contributed by atoms with E-state index in [1.165, 1.54) is 29.7 Å². The van der Waals surface area contributed by atoms with E-state index in [9.17, 15) is 0 Å². The van der Waals surface area contributed by atoms with Crippen LogP contribution < -0.4 is 0 Å². The van der Waals surface area contributed by atoms with Crippen molar-refractivity contribution in [2.24, 2.45) is 5.92 Å². The Morgan fingerprint density at radius 2 is 2.31 bits per heavy atom. The summed E-state index contributed by atoms with van der Waals surface area (Å²) in [6, 6.07) is 0. The summed E-state index contributed by atoms with van der Waals surface area (Å²) < 4.78 is 5.73. The molecule has 0 aromatic carbocycles. The van der Waals surface area contributed by atoms with Gasteiger partial charge in [0.1, 0.15) is 5.76 Å². The molecule has 1 saturated heterocycles. The van der Waals surface area contributed by atoms with Crippen molar-refractivity contribution in [3.8, 4) is 0 Å². The van der Waals surface area contributed by atoms with E-state index in [1.54, 1.807) is 0 Å². The maximum absolute atomic E-state index is 5.73. The molecule has 1 unspecified atom stereocenters. The molecule has 3 aliphatic rings. The lowest BCUT2D eigenvalue weighted by atomic mass is 9.88. The number of allylic oxidation sites excluding steroid dienone is 7. The summed E-state index contributed by atoms with van der Waals surface area (Å²) in [4.78, 5) is 0. The van der Waals surface area contributed by atoms with Crippen LogP contribution in [0.2, 0.25) is 0 Å². The molecule has 3 rings (SSSR count). The molecule has 1 aliphatic heterocycles. The van der Waals surface area contributed by atoms with Crippen LogP contribution in [0.4, 0.5) is 0 Å². The third kappa shape index (κ3) is 0.998. The Kier molecular flexibility index (Phi) is 1.45. The molecule has 0 saturated carbocycles. The highest BCUT2D eigenvalue weighted by Crippen LogP contribution is 2.37. The first kappa shape index (κ1) is 7.19. The van der Waals surface area contributed by atoms with Gasteiger partial charge in [-0.1, -0.05) is 30.4 Å². The summed E-state index contributed by atoms with van der Waals surface area (Å²) in [5.74, 6) is 1.75. The van der Waals surface area contributed by atoms with Gasteiger partial charge in [0.15, 0.2) is 0 Å². The number of fused-ring (bicyclic) bond motifs is 2. The van der Waals surface area contributed by atoms with E-state index in [2.05, 4.69) is 30.4 Å². The Morgan fingerprint density at radius 1 is 1.31 bits per heavy atom. The van der Waals surface area contributed by atoms with Crippen LogP contribution in [0.3, 0.4) is 0 Å².